The SMILES string of the molecule is COC(=O)CC(O)CC(O)/C=C/c1c(-c2ccc(F)cc2)c2ccccc2n1C(C)C. The van der Waals surface area contributed by atoms with E-state index in [-0.39, 0.29) is 24.7 Å². The van der Waals surface area contributed by atoms with Gasteiger partial charge in [-0.1, -0.05) is 36.4 Å². The molecule has 164 valence electrons. The molecule has 2 atom stereocenters. The quantitative estimate of drug-likeness (QED) is 0.513. The summed E-state index contributed by atoms with van der Waals surface area (Å²) in [5.74, 6) is -0.828. The minimum Gasteiger partial charge on any atom is -0.469 e. The van der Waals surface area contributed by atoms with Gasteiger partial charge in [0.1, 0.15) is 5.82 Å². The van der Waals surface area contributed by atoms with Gasteiger partial charge in [0.2, 0.25) is 0 Å². The molecule has 3 aromatic rings. The lowest BCUT2D eigenvalue weighted by atomic mass is 10.0. The molecule has 0 aliphatic heterocycles. The molecule has 5 nitrogen and oxygen atoms in total. The Balaban J connectivity index is 2.03. The van der Waals surface area contributed by atoms with E-state index in [2.05, 4.69) is 23.2 Å². The predicted octanol–water partition coefficient (Wildman–Crippen LogP) is 4.72. The van der Waals surface area contributed by atoms with Crippen molar-refractivity contribution in [2.75, 3.05) is 7.11 Å². The Morgan fingerprint density at radius 1 is 1.13 bits per heavy atom. The maximum atomic E-state index is 13.5. The zero-order chi connectivity index (χ0) is 22.5. The Bertz CT molecular complexity index is 1070. The molecule has 0 fully saturated rings. The largest absolute Gasteiger partial charge is 0.469 e. The number of rotatable bonds is 8. The monoisotopic (exact) mass is 425 g/mol. The van der Waals surface area contributed by atoms with Gasteiger partial charge in [0.25, 0.3) is 0 Å². The summed E-state index contributed by atoms with van der Waals surface area (Å²) in [7, 11) is 1.26. The van der Waals surface area contributed by atoms with Crippen LogP contribution in [0.4, 0.5) is 4.39 Å². The Kier molecular flexibility index (Phi) is 7.25. The molecule has 3 rings (SSSR count). The molecule has 0 radical (unpaired) electrons. The van der Waals surface area contributed by atoms with Crippen LogP contribution in [0.1, 0.15) is 38.4 Å². The first-order chi connectivity index (χ1) is 14.8. The van der Waals surface area contributed by atoms with E-state index in [1.54, 1.807) is 18.2 Å². The van der Waals surface area contributed by atoms with E-state index in [4.69, 9.17) is 0 Å². The summed E-state index contributed by atoms with van der Waals surface area (Å²) in [5, 5.41) is 21.4. The Morgan fingerprint density at radius 2 is 1.81 bits per heavy atom. The van der Waals surface area contributed by atoms with E-state index < -0.39 is 18.2 Å². The molecule has 6 heteroatoms. The van der Waals surface area contributed by atoms with E-state index >= 15 is 0 Å². The van der Waals surface area contributed by atoms with Crippen molar-refractivity contribution in [3.05, 3.63) is 66.1 Å². The predicted molar refractivity (Wildman–Crippen MR) is 120 cm³/mol. The number of hydrogen-bond donors (Lipinski definition) is 2. The molecule has 0 aliphatic rings. The van der Waals surface area contributed by atoms with Crippen molar-refractivity contribution >= 4 is 22.9 Å². The number of nitrogens with zero attached hydrogens (tertiary/aromatic N) is 1. The number of benzene rings is 2. The summed E-state index contributed by atoms with van der Waals surface area (Å²) in [5.41, 5.74) is 3.74. The number of aromatic nitrogens is 1. The van der Waals surface area contributed by atoms with E-state index in [0.29, 0.717) is 0 Å². The highest BCUT2D eigenvalue weighted by molar-refractivity contribution is 6.01. The van der Waals surface area contributed by atoms with Gasteiger partial charge in [-0.2, -0.15) is 0 Å². The molecule has 0 saturated heterocycles. The van der Waals surface area contributed by atoms with Crippen LogP contribution in [0.25, 0.3) is 28.1 Å². The van der Waals surface area contributed by atoms with Crippen LogP contribution in [0.2, 0.25) is 0 Å². The lowest BCUT2D eigenvalue weighted by Crippen LogP contribution is -2.20. The Labute approximate surface area is 181 Å². The number of aliphatic hydroxyl groups is 2. The van der Waals surface area contributed by atoms with Gasteiger partial charge in [-0.25, -0.2) is 4.39 Å². The molecule has 0 amide bonds. The summed E-state index contributed by atoms with van der Waals surface area (Å²) in [6.45, 7) is 4.16. The van der Waals surface area contributed by atoms with Crippen molar-refractivity contribution in [1.29, 1.82) is 0 Å². The third-order valence-corrected chi connectivity index (χ3v) is 5.22. The number of esters is 1. The maximum Gasteiger partial charge on any atom is 0.308 e. The molecular weight excluding hydrogens is 397 g/mol. The molecule has 31 heavy (non-hydrogen) atoms. The van der Waals surface area contributed by atoms with Crippen molar-refractivity contribution in [3.8, 4) is 11.1 Å². The van der Waals surface area contributed by atoms with Crippen molar-refractivity contribution in [1.82, 2.24) is 4.57 Å². The third-order valence-electron chi connectivity index (χ3n) is 5.22. The van der Waals surface area contributed by atoms with Crippen LogP contribution in [0, 0.1) is 5.82 Å². The first kappa shape index (κ1) is 22.7. The lowest BCUT2D eigenvalue weighted by Gasteiger charge is -2.15. The highest BCUT2D eigenvalue weighted by Crippen LogP contribution is 2.38. The summed E-state index contributed by atoms with van der Waals surface area (Å²) in [4.78, 5) is 11.3. The Morgan fingerprint density at radius 3 is 2.45 bits per heavy atom. The van der Waals surface area contributed by atoms with Crippen LogP contribution in [-0.4, -0.2) is 40.1 Å². The van der Waals surface area contributed by atoms with Crippen LogP contribution in [0.3, 0.4) is 0 Å². The minimum atomic E-state index is -1.00. The third kappa shape index (κ3) is 5.21. The van der Waals surface area contributed by atoms with Gasteiger partial charge >= 0.3 is 5.97 Å². The van der Waals surface area contributed by atoms with Crippen LogP contribution < -0.4 is 0 Å². The maximum absolute atomic E-state index is 13.5. The van der Waals surface area contributed by atoms with Gasteiger partial charge in [-0.3, -0.25) is 4.79 Å². The zero-order valence-corrected chi connectivity index (χ0v) is 18.0. The van der Waals surface area contributed by atoms with E-state index in [0.717, 1.165) is 27.7 Å². The molecule has 2 unspecified atom stereocenters. The average molecular weight is 426 g/mol. The first-order valence-corrected chi connectivity index (χ1v) is 10.3. The standard InChI is InChI=1S/C25H28FNO4/c1-16(2)27-22-7-5-4-6-21(22)25(17-8-10-18(26)11-9-17)23(27)13-12-19(28)14-20(29)15-24(30)31-3/h4-13,16,19-20,28-29H,14-15H2,1-3H3/b13-12+. The van der Waals surface area contributed by atoms with Crippen molar-refractivity contribution < 1.29 is 24.1 Å². The number of aliphatic hydroxyl groups excluding tert-OH is 2. The average Bonchev–Trinajstić information content (AvgIpc) is 3.07. The fraction of sp³-hybridized carbons (Fsp3) is 0.320. The highest BCUT2D eigenvalue weighted by Gasteiger charge is 2.19. The minimum absolute atomic E-state index is 0.0133. The van der Waals surface area contributed by atoms with Gasteiger partial charge in [0.05, 0.1) is 25.7 Å². The Hall–Kier alpha value is -2.96. The van der Waals surface area contributed by atoms with Gasteiger partial charge in [-0.15, -0.1) is 0 Å². The van der Waals surface area contributed by atoms with Gasteiger partial charge < -0.3 is 19.5 Å². The molecule has 2 aromatic carbocycles. The fourth-order valence-corrected chi connectivity index (χ4v) is 3.84. The van der Waals surface area contributed by atoms with E-state index in [1.807, 2.05) is 30.3 Å². The molecule has 0 bridgehead atoms. The van der Waals surface area contributed by atoms with Gasteiger partial charge in [-0.05, 0) is 43.7 Å². The fourth-order valence-electron chi connectivity index (χ4n) is 3.84. The van der Waals surface area contributed by atoms with Gasteiger partial charge in [0, 0.05) is 34.6 Å². The highest BCUT2D eigenvalue weighted by atomic mass is 19.1. The first-order valence-electron chi connectivity index (χ1n) is 10.3. The summed E-state index contributed by atoms with van der Waals surface area (Å²) in [6, 6.07) is 14.5. The van der Waals surface area contributed by atoms with Gasteiger partial charge in [0.15, 0.2) is 0 Å². The van der Waals surface area contributed by atoms with Crippen LogP contribution in [0.5, 0.6) is 0 Å². The summed E-state index contributed by atoms with van der Waals surface area (Å²) in [6.07, 6.45) is 1.34. The molecule has 0 aliphatic carbocycles. The normalized spacial score (nSPS) is 13.8. The van der Waals surface area contributed by atoms with Crippen LogP contribution >= 0.6 is 0 Å². The summed E-state index contributed by atoms with van der Waals surface area (Å²) < 4.78 is 20.3. The second-order valence-corrected chi connectivity index (χ2v) is 7.84. The van der Waals surface area contributed by atoms with Crippen molar-refractivity contribution in [2.24, 2.45) is 0 Å². The van der Waals surface area contributed by atoms with Crippen molar-refractivity contribution in [3.63, 3.8) is 0 Å². The summed E-state index contributed by atoms with van der Waals surface area (Å²) >= 11 is 0. The second kappa shape index (κ2) is 9.90. The smallest absolute Gasteiger partial charge is 0.308 e. The van der Waals surface area contributed by atoms with Crippen molar-refractivity contribution in [2.45, 2.75) is 44.9 Å². The number of para-hydroxylation sites is 1. The van der Waals surface area contributed by atoms with E-state index in [1.165, 1.54) is 19.2 Å². The number of halogens is 1. The topological polar surface area (TPSA) is 71.7 Å². The molecular formula is C25H28FNO4. The number of carbonyl (C=O) groups is 1. The van der Waals surface area contributed by atoms with E-state index in [9.17, 15) is 19.4 Å². The number of hydrogen-bond acceptors (Lipinski definition) is 4. The number of ether oxygens (including phenoxy) is 1. The molecule has 1 heterocycles. The van der Waals surface area contributed by atoms with Crippen LogP contribution in [-0.2, 0) is 9.53 Å². The van der Waals surface area contributed by atoms with Crippen LogP contribution in [0.15, 0.2) is 54.6 Å². The number of fused-ring (bicyclic) bond motifs is 1. The molecule has 2 N–H and O–H groups in total. The number of methoxy groups -OCH3 is 1. The number of carbonyl (C=O) groups excluding carboxylic acids is 1. The molecule has 1 aromatic heterocycles. The lowest BCUT2D eigenvalue weighted by molar-refractivity contribution is -0.143. The second-order valence-electron chi connectivity index (χ2n) is 7.84. The zero-order valence-electron chi connectivity index (χ0n) is 18.0. The molecule has 0 spiro atoms. The molecule has 0 saturated carbocycles.